The highest BCUT2D eigenvalue weighted by molar-refractivity contribution is 5.90. The first-order chi connectivity index (χ1) is 12.3. The van der Waals surface area contributed by atoms with E-state index < -0.39 is 36.2 Å². The van der Waals surface area contributed by atoms with Gasteiger partial charge in [-0.25, -0.2) is 9.59 Å². The van der Waals surface area contributed by atoms with E-state index in [1.807, 2.05) is 30.3 Å². The predicted octanol–water partition coefficient (Wildman–Crippen LogP) is 0.976. The van der Waals surface area contributed by atoms with Crippen LogP contribution < -0.4 is 10.6 Å². The monoisotopic (exact) mass is 366 g/mol. The number of hydrogen-bond acceptors (Lipinski definition) is 6. The fraction of sp³-hybridized carbons (Fsp3) is 0.500. The molecule has 0 aliphatic rings. The zero-order chi connectivity index (χ0) is 19.7. The third kappa shape index (κ3) is 6.72. The minimum atomic E-state index is -1.23. The minimum Gasteiger partial charge on any atom is -0.467 e. The molecular weight excluding hydrogens is 340 g/mol. The molecule has 0 aliphatic carbocycles. The average Bonchev–Trinajstić information content (AvgIpc) is 2.61. The lowest BCUT2D eigenvalue weighted by molar-refractivity contribution is -0.148. The van der Waals surface area contributed by atoms with E-state index in [2.05, 4.69) is 15.4 Å². The van der Waals surface area contributed by atoms with Crippen LogP contribution in [0.2, 0.25) is 0 Å². The lowest BCUT2D eigenvalue weighted by Crippen LogP contribution is -2.56. The Morgan fingerprint density at radius 2 is 1.65 bits per heavy atom. The Bertz CT molecular complexity index is 603. The second-order valence-electron chi connectivity index (χ2n) is 6.18. The number of alkyl carbamates (subject to hydrolysis) is 1. The molecule has 0 fully saturated rings. The van der Waals surface area contributed by atoms with Crippen LogP contribution in [-0.2, 0) is 25.7 Å². The highest BCUT2D eigenvalue weighted by Crippen LogP contribution is 2.06. The minimum absolute atomic E-state index is 0.0670. The Morgan fingerprint density at radius 1 is 1.04 bits per heavy atom. The van der Waals surface area contributed by atoms with Crippen molar-refractivity contribution in [2.45, 2.75) is 45.6 Å². The van der Waals surface area contributed by atoms with Crippen LogP contribution in [0.15, 0.2) is 30.3 Å². The number of carbonyl (C=O) groups is 3. The Kier molecular flexibility index (Phi) is 8.57. The number of esters is 1. The van der Waals surface area contributed by atoms with Gasteiger partial charge in [-0.05, 0) is 18.4 Å². The van der Waals surface area contributed by atoms with Crippen molar-refractivity contribution < 1.29 is 29.0 Å². The van der Waals surface area contributed by atoms with Crippen molar-refractivity contribution in [2.24, 2.45) is 5.92 Å². The molecule has 0 radical (unpaired) electrons. The van der Waals surface area contributed by atoms with Gasteiger partial charge in [0.2, 0.25) is 5.91 Å². The summed E-state index contributed by atoms with van der Waals surface area (Å²) in [6.45, 7) is 4.89. The molecule has 0 unspecified atom stereocenters. The molecule has 1 aromatic carbocycles. The molecule has 1 aromatic rings. The van der Waals surface area contributed by atoms with Gasteiger partial charge in [-0.2, -0.15) is 0 Å². The van der Waals surface area contributed by atoms with Crippen molar-refractivity contribution in [1.82, 2.24) is 10.6 Å². The van der Waals surface area contributed by atoms with Crippen LogP contribution in [0.4, 0.5) is 4.79 Å². The molecule has 26 heavy (non-hydrogen) atoms. The molecule has 0 spiro atoms. The number of carbonyl (C=O) groups excluding carboxylic acids is 3. The van der Waals surface area contributed by atoms with E-state index in [4.69, 9.17) is 4.74 Å². The van der Waals surface area contributed by atoms with E-state index in [-0.39, 0.29) is 12.5 Å². The van der Waals surface area contributed by atoms with Gasteiger partial charge in [-0.15, -0.1) is 0 Å². The molecule has 0 aliphatic heterocycles. The topological polar surface area (TPSA) is 114 Å². The smallest absolute Gasteiger partial charge is 0.408 e. The number of methoxy groups -OCH3 is 1. The second-order valence-corrected chi connectivity index (χ2v) is 6.18. The van der Waals surface area contributed by atoms with Crippen molar-refractivity contribution in [2.75, 3.05) is 7.11 Å². The third-order valence-corrected chi connectivity index (χ3v) is 3.67. The molecule has 8 nitrogen and oxygen atoms in total. The van der Waals surface area contributed by atoms with Crippen molar-refractivity contribution in [3.05, 3.63) is 35.9 Å². The van der Waals surface area contributed by atoms with Gasteiger partial charge in [0, 0.05) is 0 Å². The number of nitrogens with one attached hydrogen (secondary N) is 2. The lowest BCUT2D eigenvalue weighted by Gasteiger charge is -2.25. The Hall–Kier alpha value is -2.61. The molecule has 2 amide bonds. The van der Waals surface area contributed by atoms with Crippen LogP contribution in [0.1, 0.15) is 26.3 Å². The summed E-state index contributed by atoms with van der Waals surface area (Å²) in [6.07, 6.45) is -1.90. The highest BCUT2D eigenvalue weighted by Gasteiger charge is 2.31. The van der Waals surface area contributed by atoms with Crippen LogP contribution in [0.25, 0.3) is 0 Å². The van der Waals surface area contributed by atoms with E-state index in [1.54, 1.807) is 13.8 Å². The van der Waals surface area contributed by atoms with Crippen LogP contribution in [0, 0.1) is 5.92 Å². The molecule has 0 bridgehead atoms. The first kappa shape index (κ1) is 21.4. The summed E-state index contributed by atoms with van der Waals surface area (Å²) in [4.78, 5) is 36.1. The molecule has 0 saturated carbocycles. The maximum atomic E-state index is 12.4. The van der Waals surface area contributed by atoms with Gasteiger partial charge in [0.1, 0.15) is 12.6 Å². The largest absolute Gasteiger partial charge is 0.467 e. The molecule has 3 atom stereocenters. The summed E-state index contributed by atoms with van der Waals surface area (Å²) in [5, 5.41) is 14.5. The number of aliphatic hydroxyl groups excluding tert-OH is 1. The van der Waals surface area contributed by atoms with Gasteiger partial charge in [0.25, 0.3) is 0 Å². The van der Waals surface area contributed by atoms with Gasteiger partial charge in [-0.3, -0.25) is 4.79 Å². The van der Waals surface area contributed by atoms with Crippen LogP contribution >= 0.6 is 0 Å². The maximum absolute atomic E-state index is 12.4. The summed E-state index contributed by atoms with van der Waals surface area (Å²) < 4.78 is 9.67. The fourth-order valence-corrected chi connectivity index (χ4v) is 2.17. The average molecular weight is 366 g/mol. The number of rotatable bonds is 8. The van der Waals surface area contributed by atoms with Crippen LogP contribution in [-0.4, -0.2) is 48.4 Å². The molecule has 8 heteroatoms. The van der Waals surface area contributed by atoms with E-state index in [0.717, 1.165) is 12.7 Å². The normalized spacial score (nSPS) is 14.1. The van der Waals surface area contributed by atoms with Crippen molar-refractivity contribution in [3.8, 4) is 0 Å². The number of aliphatic hydroxyl groups is 1. The van der Waals surface area contributed by atoms with E-state index >= 15 is 0 Å². The second kappa shape index (κ2) is 10.4. The van der Waals surface area contributed by atoms with E-state index in [0.29, 0.717) is 0 Å². The Balaban J connectivity index is 2.67. The number of amides is 2. The zero-order valence-corrected chi connectivity index (χ0v) is 15.4. The summed E-state index contributed by atoms with van der Waals surface area (Å²) in [5.74, 6) is -1.66. The zero-order valence-electron chi connectivity index (χ0n) is 15.4. The molecule has 0 saturated heterocycles. The third-order valence-electron chi connectivity index (χ3n) is 3.67. The Morgan fingerprint density at radius 3 is 2.15 bits per heavy atom. The van der Waals surface area contributed by atoms with E-state index in [9.17, 15) is 19.5 Å². The van der Waals surface area contributed by atoms with Gasteiger partial charge >= 0.3 is 12.1 Å². The van der Waals surface area contributed by atoms with Crippen molar-refractivity contribution >= 4 is 18.0 Å². The quantitative estimate of drug-likeness (QED) is 0.591. The lowest BCUT2D eigenvalue weighted by atomic mass is 10.0. The van der Waals surface area contributed by atoms with Gasteiger partial charge in [-0.1, -0.05) is 44.2 Å². The standard InChI is InChI=1S/C18H26N2O6/c1-11(2)14(16(22)19-15(12(3)21)17(23)25-4)20-18(24)26-10-13-8-6-5-7-9-13/h5-9,11-12,14-15,21H,10H2,1-4H3,(H,19,22)(H,20,24)/t12-,14+,15-/m1/s1. The maximum Gasteiger partial charge on any atom is 0.408 e. The van der Waals surface area contributed by atoms with Gasteiger partial charge < -0.3 is 25.2 Å². The molecule has 3 N–H and O–H groups in total. The predicted molar refractivity (Wildman–Crippen MR) is 94.0 cm³/mol. The molecule has 144 valence electrons. The summed E-state index contributed by atoms with van der Waals surface area (Å²) in [5.41, 5.74) is 0.813. The van der Waals surface area contributed by atoms with Crippen LogP contribution in [0.3, 0.4) is 0 Å². The van der Waals surface area contributed by atoms with Crippen molar-refractivity contribution in [1.29, 1.82) is 0 Å². The summed E-state index contributed by atoms with van der Waals surface area (Å²) >= 11 is 0. The van der Waals surface area contributed by atoms with E-state index in [1.165, 1.54) is 6.92 Å². The molecular formula is C18H26N2O6. The highest BCUT2D eigenvalue weighted by atomic mass is 16.5. The number of benzene rings is 1. The fourth-order valence-electron chi connectivity index (χ4n) is 2.17. The molecule has 0 heterocycles. The first-order valence-electron chi connectivity index (χ1n) is 8.29. The molecule has 0 aromatic heterocycles. The SMILES string of the molecule is COC(=O)[C@H](NC(=O)[C@@H](NC(=O)OCc1ccccc1)C(C)C)[C@@H](C)O. The number of ether oxygens (including phenoxy) is 2. The summed E-state index contributed by atoms with van der Waals surface area (Å²) in [6, 6.07) is 6.95. The van der Waals surface area contributed by atoms with Gasteiger partial charge in [0.15, 0.2) is 6.04 Å². The van der Waals surface area contributed by atoms with Gasteiger partial charge in [0.05, 0.1) is 13.2 Å². The Labute approximate surface area is 152 Å². The van der Waals surface area contributed by atoms with Crippen LogP contribution in [0.5, 0.6) is 0 Å². The van der Waals surface area contributed by atoms with Crippen molar-refractivity contribution in [3.63, 3.8) is 0 Å². The molecule has 1 rings (SSSR count). The summed E-state index contributed by atoms with van der Waals surface area (Å²) in [7, 11) is 1.16. The number of hydrogen-bond donors (Lipinski definition) is 3. The first-order valence-corrected chi connectivity index (χ1v) is 8.29.